The lowest BCUT2D eigenvalue weighted by Gasteiger charge is -2.45. The van der Waals surface area contributed by atoms with Crippen LogP contribution in [-0.4, -0.2) is 29.8 Å². The summed E-state index contributed by atoms with van der Waals surface area (Å²) in [4.78, 5) is 25.0. The third-order valence-electron chi connectivity index (χ3n) is 4.13. The van der Waals surface area contributed by atoms with Crippen LogP contribution < -0.4 is 5.32 Å². The van der Waals surface area contributed by atoms with Crippen molar-refractivity contribution in [3.63, 3.8) is 0 Å². The summed E-state index contributed by atoms with van der Waals surface area (Å²) in [7, 11) is 0. The second-order valence-corrected chi connectivity index (χ2v) is 5.50. The van der Waals surface area contributed by atoms with Gasteiger partial charge in [0.05, 0.1) is 22.7 Å². The molecule has 1 spiro atoms. The van der Waals surface area contributed by atoms with E-state index in [0.717, 1.165) is 0 Å². The Morgan fingerprint density at radius 3 is 2.50 bits per heavy atom. The fourth-order valence-corrected chi connectivity index (χ4v) is 3.37. The fourth-order valence-electron chi connectivity index (χ4n) is 2.99. The van der Waals surface area contributed by atoms with Crippen molar-refractivity contribution in [3.05, 3.63) is 10.6 Å². The highest BCUT2D eigenvalue weighted by Gasteiger charge is 2.52. The monoisotopic (exact) mass is 290 g/mol. The van der Waals surface area contributed by atoms with Crippen molar-refractivity contribution in [2.24, 2.45) is 11.3 Å². The number of thiol groups is 1. The number of rotatable bonds is 0. The van der Waals surface area contributed by atoms with Crippen molar-refractivity contribution < 1.29 is 9.59 Å². The molecule has 0 aromatic rings. The van der Waals surface area contributed by atoms with Gasteiger partial charge in [0.1, 0.15) is 5.92 Å². The molecule has 0 aromatic carbocycles. The van der Waals surface area contributed by atoms with E-state index in [1.165, 1.54) is 6.92 Å². The molecule has 2 amide bonds. The van der Waals surface area contributed by atoms with E-state index in [1.807, 2.05) is 6.07 Å². The molecule has 0 aliphatic carbocycles. The predicted molar refractivity (Wildman–Crippen MR) is 72.8 cm³/mol. The minimum Gasteiger partial charge on any atom is -0.343 e. The number of carbonyl (C=O) groups is 2. The predicted octanol–water partition coefficient (Wildman–Crippen LogP) is 0.550. The van der Waals surface area contributed by atoms with Crippen molar-refractivity contribution >= 4 is 24.4 Å². The molecule has 104 valence electrons. The zero-order valence-electron chi connectivity index (χ0n) is 11.0. The van der Waals surface area contributed by atoms with Crippen LogP contribution in [0.4, 0.5) is 0 Å². The maximum Gasteiger partial charge on any atom is 0.243 e. The van der Waals surface area contributed by atoms with Gasteiger partial charge in [-0.2, -0.15) is 10.5 Å². The zero-order chi connectivity index (χ0) is 14.9. The molecule has 7 heteroatoms. The summed E-state index contributed by atoms with van der Waals surface area (Å²) in [6.07, 6.45) is 0.844. The number of nitrogens with one attached hydrogen (secondary N) is 1. The molecule has 2 heterocycles. The molecule has 2 aliphatic heterocycles. The molecule has 1 unspecified atom stereocenters. The molecule has 0 saturated carbocycles. The first-order valence-electron chi connectivity index (χ1n) is 6.26. The van der Waals surface area contributed by atoms with Crippen LogP contribution in [0.2, 0.25) is 0 Å². The molecule has 0 aromatic heterocycles. The average molecular weight is 290 g/mol. The van der Waals surface area contributed by atoms with Crippen LogP contribution in [0, 0.1) is 34.0 Å². The van der Waals surface area contributed by atoms with Crippen LogP contribution in [0.25, 0.3) is 0 Å². The molecule has 2 rings (SSSR count). The lowest BCUT2D eigenvalue weighted by atomic mass is 9.63. The third-order valence-corrected chi connectivity index (χ3v) is 4.47. The Kier molecular flexibility index (Phi) is 3.74. The molecular formula is C13H14N4O2S. The average Bonchev–Trinajstić information content (AvgIpc) is 2.39. The Morgan fingerprint density at radius 2 is 2.05 bits per heavy atom. The highest BCUT2D eigenvalue weighted by atomic mass is 32.1. The van der Waals surface area contributed by atoms with Crippen molar-refractivity contribution in [3.8, 4) is 12.1 Å². The largest absolute Gasteiger partial charge is 0.343 e. The Labute approximate surface area is 122 Å². The van der Waals surface area contributed by atoms with E-state index in [2.05, 4.69) is 24.0 Å². The van der Waals surface area contributed by atoms with Gasteiger partial charge in [-0.3, -0.25) is 9.59 Å². The van der Waals surface area contributed by atoms with Crippen molar-refractivity contribution in [2.75, 3.05) is 13.1 Å². The molecule has 2 aliphatic rings. The van der Waals surface area contributed by atoms with Gasteiger partial charge in [0.25, 0.3) is 0 Å². The molecule has 20 heavy (non-hydrogen) atoms. The first kappa shape index (κ1) is 14.4. The van der Waals surface area contributed by atoms with Crippen LogP contribution in [0.1, 0.15) is 19.8 Å². The van der Waals surface area contributed by atoms with E-state index >= 15 is 0 Å². The van der Waals surface area contributed by atoms with Crippen molar-refractivity contribution in [2.45, 2.75) is 19.8 Å². The summed E-state index contributed by atoms with van der Waals surface area (Å²) in [6.45, 7) is 2.36. The fraction of sp³-hybridized carbons (Fsp3) is 0.538. The van der Waals surface area contributed by atoms with Gasteiger partial charge in [-0.25, -0.2) is 0 Å². The number of hydrogen-bond acceptors (Lipinski definition) is 5. The Morgan fingerprint density at radius 1 is 1.45 bits per heavy atom. The van der Waals surface area contributed by atoms with Crippen LogP contribution in [0.5, 0.6) is 0 Å². The number of nitriles is 2. The van der Waals surface area contributed by atoms with Gasteiger partial charge in [0.15, 0.2) is 0 Å². The number of piperidine rings is 1. The third kappa shape index (κ3) is 2.04. The highest BCUT2D eigenvalue weighted by molar-refractivity contribution is 7.84. The quantitative estimate of drug-likeness (QED) is 0.637. The summed E-state index contributed by atoms with van der Waals surface area (Å²) < 4.78 is 0. The Hall–Kier alpha value is -1.99. The lowest BCUT2D eigenvalue weighted by molar-refractivity contribution is -0.132. The van der Waals surface area contributed by atoms with E-state index < -0.39 is 17.2 Å². The van der Waals surface area contributed by atoms with Gasteiger partial charge in [-0.05, 0) is 12.8 Å². The van der Waals surface area contributed by atoms with E-state index in [-0.39, 0.29) is 10.9 Å². The molecule has 1 saturated heterocycles. The summed E-state index contributed by atoms with van der Waals surface area (Å²) in [6, 6.07) is 4.09. The highest BCUT2D eigenvalue weighted by Crippen LogP contribution is 2.48. The normalized spacial score (nSPS) is 24.9. The molecule has 1 fully saturated rings. The van der Waals surface area contributed by atoms with E-state index in [0.29, 0.717) is 31.5 Å². The second-order valence-electron chi connectivity index (χ2n) is 5.05. The minimum atomic E-state index is -0.915. The molecule has 1 atom stereocenters. The molecule has 6 nitrogen and oxygen atoms in total. The smallest absolute Gasteiger partial charge is 0.243 e. The number of amides is 2. The van der Waals surface area contributed by atoms with Crippen LogP contribution in [0.15, 0.2) is 10.6 Å². The van der Waals surface area contributed by atoms with Crippen LogP contribution >= 0.6 is 12.6 Å². The SMILES string of the molecule is CC(=O)N1CCC2(CC1)C(C#N)=C(S)NC(=O)C2C#N. The van der Waals surface area contributed by atoms with Gasteiger partial charge in [-0.15, -0.1) is 12.6 Å². The minimum absolute atomic E-state index is 0.0396. The molecule has 1 N–H and O–H groups in total. The maximum atomic E-state index is 12.0. The zero-order valence-corrected chi connectivity index (χ0v) is 11.9. The summed E-state index contributed by atoms with van der Waals surface area (Å²) in [5.74, 6) is -1.38. The van der Waals surface area contributed by atoms with E-state index in [4.69, 9.17) is 0 Å². The standard InChI is InChI=1S/C13H14N4O2S/c1-8(18)17-4-2-13(3-5-17)9(6-14)11(19)16-12(20)10(13)7-15/h9,20H,2-5H2,1H3,(H,16,19). The molecular weight excluding hydrogens is 276 g/mol. The second kappa shape index (κ2) is 5.18. The van der Waals surface area contributed by atoms with Gasteiger partial charge in [0.2, 0.25) is 11.8 Å². The number of allylic oxidation sites excluding steroid dienone is 1. The molecule has 0 bridgehead atoms. The van der Waals surface area contributed by atoms with Crippen molar-refractivity contribution in [1.29, 1.82) is 10.5 Å². The lowest BCUT2D eigenvalue weighted by Crippen LogP contribution is -2.53. The Balaban J connectivity index is 2.43. The van der Waals surface area contributed by atoms with E-state index in [9.17, 15) is 20.1 Å². The van der Waals surface area contributed by atoms with Crippen LogP contribution in [0.3, 0.4) is 0 Å². The first-order chi connectivity index (χ1) is 9.46. The number of carbonyl (C=O) groups excluding carboxylic acids is 2. The van der Waals surface area contributed by atoms with Crippen LogP contribution in [-0.2, 0) is 9.59 Å². The Bertz CT molecular complexity index is 576. The van der Waals surface area contributed by atoms with E-state index in [1.54, 1.807) is 4.90 Å². The first-order valence-corrected chi connectivity index (χ1v) is 6.71. The summed E-state index contributed by atoms with van der Waals surface area (Å²) in [5, 5.41) is 21.3. The number of nitrogens with zero attached hydrogens (tertiary/aromatic N) is 3. The van der Waals surface area contributed by atoms with Gasteiger partial charge in [0, 0.05) is 25.4 Å². The maximum absolute atomic E-state index is 12.0. The molecule has 0 radical (unpaired) electrons. The summed E-state index contributed by atoms with van der Waals surface area (Å²) >= 11 is 4.16. The van der Waals surface area contributed by atoms with Crippen molar-refractivity contribution in [1.82, 2.24) is 10.2 Å². The van der Waals surface area contributed by atoms with Gasteiger partial charge >= 0.3 is 0 Å². The topological polar surface area (TPSA) is 97.0 Å². The van der Waals surface area contributed by atoms with Gasteiger partial charge in [-0.1, -0.05) is 0 Å². The number of likely N-dealkylation sites (tertiary alicyclic amines) is 1. The summed E-state index contributed by atoms with van der Waals surface area (Å²) in [5.41, 5.74) is -0.482. The van der Waals surface area contributed by atoms with Gasteiger partial charge < -0.3 is 10.2 Å². The number of hydrogen-bond donors (Lipinski definition) is 2.